The van der Waals surface area contributed by atoms with E-state index in [1.165, 1.54) is 12.1 Å². The normalized spacial score (nSPS) is 15.6. The smallest absolute Gasteiger partial charge is 0.269 e. The van der Waals surface area contributed by atoms with E-state index in [1.54, 1.807) is 17.0 Å². The van der Waals surface area contributed by atoms with E-state index < -0.39 is 4.92 Å². The van der Waals surface area contributed by atoms with Crippen LogP contribution in [0.5, 0.6) is 0 Å². The number of carbonyl (C=O) groups is 1. The van der Waals surface area contributed by atoms with Crippen LogP contribution < -0.4 is 0 Å². The molecule has 0 spiro atoms. The molecule has 0 saturated heterocycles. The maximum Gasteiger partial charge on any atom is 0.269 e. The molecule has 1 atom stereocenters. The van der Waals surface area contributed by atoms with E-state index in [4.69, 9.17) is 11.6 Å². The van der Waals surface area contributed by atoms with Crippen molar-refractivity contribution < 1.29 is 9.72 Å². The van der Waals surface area contributed by atoms with E-state index in [1.807, 2.05) is 42.5 Å². The first kappa shape index (κ1) is 18.7. The molecule has 1 amide bonds. The van der Waals surface area contributed by atoms with Gasteiger partial charge in [0.2, 0.25) is 0 Å². The second-order valence-electron chi connectivity index (χ2n) is 6.54. The van der Waals surface area contributed by atoms with Gasteiger partial charge < -0.3 is 4.90 Å². The number of non-ortho nitro benzene ring substituents is 1. The monoisotopic (exact) mass is 456 g/mol. The second-order valence-corrected chi connectivity index (χ2v) is 7.89. The third kappa shape index (κ3) is 3.41. The van der Waals surface area contributed by atoms with Gasteiger partial charge in [-0.15, -0.1) is 0 Å². The number of fused-ring (bicyclic) bond motifs is 1. The summed E-state index contributed by atoms with van der Waals surface area (Å²) in [4.78, 5) is 25.4. The number of halogens is 2. The Hall–Kier alpha value is -2.70. The third-order valence-electron chi connectivity index (χ3n) is 4.80. The van der Waals surface area contributed by atoms with Gasteiger partial charge in [0, 0.05) is 33.7 Å². The molecule has 0 fully saturated rings. The highest BCUT2D eigenvalue weighted by Crippen LogP contribution is 2.40. The maximum atomic E-state index is 13.1. The Labute approximate surface area is 174 Å². The highest BCUT2D eigenvalue weighted by molar-refractivity contribution is 9.10. The molecule has 28 heavy (non-hydrogen) atoms. The summed E-state index contributed by atoms with van der Waals surface area (Å²) in [6.07, 6.45) is 0. The molecular weight excluding hydrogens is 444 g/mol. The van der Waals surface area contributed by atoms with E-state index in [0.29, 0.717) is 17.1 Å². The largest absolute Gasteiger partial charge is 0.323 e. The molecule has 0 bridgehead atoms. The minimum atomic E-state index is -0.436. The van der Waals surface area contributed by atoms with Gasteiger partial charge in [0.1, 0.15) is 0 Å². The highest BCUT2D eigenvalue weighted by atomic mass is 79.9. The van der Waals surface area contributed by atoms with E-state index >= 15 is 0 Å². The molecule has 7 heteroatoms. The SMILES string of the molecule is O=C1c2cc(Br)ccc2C(c2ccc(Cl)cc2)N1Cc1ccc([N+](=O)[O-])cc1. The first-order valence-corrected chi connectivity index (χ1v) is 9.70. The Balaban J connectivity index is 1.74. The van der Waals surface area contributed by atoms with Crippen LogP contribution in [-0.2, 0) is 6.54 Å². The number of nitro groups is 1. The number of nitro benzene ring substituents is 1. The van der Waals surface area contributed by atoms with Gasteiger partial charge in [0.05, 0.1) is 11.0 Å². The number of hydrogen-bond acceptors (Lipinski definition) is 3. The summed E-state index contributed by atoms with van der Waals surface area (Å²) in [6, 6.07) is 19.2. The second kappa shape index (κ2) is 7.37. The van der Waals surface area contributed by atoms with Gasteiger partial charge in [0.25, 0.3) is 11.6 Å². The molecule has 1 heterocycles. The van der Waals surface area contributed by atoms with Gasteiger partial charge in [-0.1, -0.05) is 57.9 Å². The van der Waals surface area contributed by atoms with E-state index in [-0.39, 0.29) is 17.6 Å². The van der Waals surface area contributed by atoms with Crippen molar-refractivity contribution in [3.63, 3.8) is 0 Å². The van der Waals surface area contributed by atoms with Crippen LogP contribution in [0.15, 0.2) is 71.2 Å². The highest BCUT2D eigenvalue weighted by Gasteiger charge is 2.37. The lowest BCUT2D eigenvalue weighted by molar-refractivity contribution is -0.384. The number of carbonyl (C=O) groups excluding carboxylic acids is 1. The Kier molecular flexibility index (Phi) is 4.91. The summed E-state index contributed by atoms with van der Waals surface area (Å²) in [6.45, 7) is 0.344. The average Bonchev–Trinajstić information content (AvgIpc) is 2.94. The van der Waals surface area contributed by atoms with Crippen molar-refractivity contribution in [2.45, 2.75) is 12.6 Å². The molecule has 0 N–H and O–H groups in total. The summed E-state index contributed by atoms with van der Waals surface area (Å²) in [5, 5.41) is 11.5. The van der Waals surface area contributed by atoms with Crippen LogP contribution >= 0.6 is 27.5 Å². The van der Waals surface area contributed by atoms with Gasteiger partial charge in [0.15, 0.2) is 0 Å². The lowest BCUT2D eigenvalue weighted by Crippen LogP contribution is -2.28. The topological polar surface area (TPSA) is 63.5 Å². The zero-order valence-corrected chi connectivity index (χ0v) is 16.9. The van der Waals surface area contributed by atoms with E-state index in [0.717, 1.165) is 21.2 Å². The summed E-state index contributed by atoms with van der Waals surface area (Å²) in [5.74, 6) is -0.0744. The molecule has 5 nitrogen and oxygen atoms in total. The predicted octanol–water partition coefficient (Wildman–Crippen LogP) is 5.76. The third-order valence-corrected chi connectivity index (χ3v) is 5.54. The molecule has 1 aliphatic rings. The number of hydrogen-bond donors (Lipinski definition) is 0. The van der Waals surface area contributed by atoms with Crippen molar-refractivity contribution in [1.29, 1.82) is 0 Å². The first-order chi connectivity index (χ1) is 13.4. The van der Waals surface area contributed by atoms with Crippen LogP contribution in [-0.4, -0.2) is 15.7 Å². The molecule has 0 radical (unpaired) electrons. The number of nitrogens with zero attached hydrogens (tertiary/aromatic N) is 2. The van der Waals surface area contributed by atoms with Gasteiger partial charge in [-0.2, -0.15) is 0 Å². The summed E-state index contributed by atoms with van der Waals surface area (Å²) >= 11 is 9.47. The van der Waals surface area contributed by atoms with Gasteiger partial charge >= 0.3 is 0 Å². The molecule has 0 saturated carbocycles. The molecule has 0 aromatic heterocycles. The molecule has 140 valence electrons. The van der Waals surface area contributed by atoms with Crippen molar-refractivity contribution in [2.75, 3.05) is 0 Å². The Bertz CT molecular complexity index is 1070. The van der Waals surface area contributed by atoms with Crippen LogP contribution in [0, 0.1) is 10.1 Å². The van der Waals surface area contributed by atoms with Crippen molar-refractivity contribution in [1.82, 2.24) is 4.90 Å². The first-order valence-electron chi connectivity index (χ1n) is 8.53. The fraction of sp³-hybridized carbons (Fsp3) is 0.0952. The Morgan fingerprint density at radius 1 is 1.04 bits per heavy atom. The summed E-state index contributed by atoms with van der Waals surface area (Å²) in [7, 11) is 0. The zero-order chi connectivity index (χ0) is 19.8. The predicted molar refractivity (Wildman–Crippen MR) is 110 cm³/mol. The summed E-state index contributed by atoms with van der Waals surface area (Å²) < 4.78 is 0.839. The van der Waals surface area contributed by atoms with E-state index in [9.17, 15) is 14.9 Å². The van der Waals surface area contributed by atoms with Crippen LogP contribution in [0.25, 0.3) is 0 Å². The number of amides is 1. The molecular formula is C21H14BrClN2O3. The number of rotatable bonds is 4. The van der Waals surface area contributed by atoms with Gasteiger partial charge in [-0.3, -0.25) is 14.9 Å². The van der Waals surface area contributed by atoms with Crippen molar-refractivity contribution in [2.24, 2.45) is 0 Å². The van der Waals surface area contributed by atoms with Crippen LogP contribution in [0.1, 0.15) is 33.1 Å². The van der Waals surface area contributed by atoms with Crippen molar-refractivity contribution in [3.8, 4) is 0 Å². The molecule has 3 aromatic rings. The molecule has 1 unspecified atom stereocenters. The minimum absolute atomic E-state index is 0.0259. The quantitative estimate of drug-likeness (QED) is 0.370. The lowest BCUT2D eigenvalue weighted by atomic mass is 9.98. The van der Waals surface area contributed by atoms with Gasteiger partial charge in [-0.05, 0) is 41.0 Å². The van der Waals surface area contributed by atoms with Gasteiger partial charge in [-0.25, -0.2) is 0 Å². The zero-order valence-electron chi connectivity index (χ0n) is 14.5. The van der Waals surface area contributed by atoms with Crippen LogP contribution in [0.2, 0.25) is 5.02 Å². The van der Waals surface area contributed by atoms with Crippen molar-refractivity contribution >= 4 is 39.1 Å². The lowest BCUT2D eigenvalue weighted by Gasteiger charge is -2.26. The standard InChI is InChI=1S/C21H14BrClN2O3/c22-15-5-10-18-19(11-15)21(26)24(20(18)14-3-6-16(23)7-4-14)12-13-1-8-17(9-2-13)25(27)28/h1-11,20H,12H2. The Morgan fingerprint density at radius 2 is 1.71 bits per heavy atom. The number of benzene rings is 3. The molecule has 0 aliphatic carbocycles. The maximum absolute atomic E-state index is 13.1. The minimum Gasteiger partial charge on any atom is -0.323 e. The molecule has 3 aromatic carbocycles. The van der Waals surface area contributed by atoms with Crippen LogP contribution in [0.3, 0.4) is 0 Å². The average molecular weight is 458 g/mol. The fourth-order valence-corrected chi connectivity index (χ4v) is 3.97. The fourth-order valence-electron chi connectivity index (χ4n) is 3.48. The van der Waals surface area contributed by atoms with Crippen molar-refractivity contribution in [3.05, 3.63) is 109 Å². The Morgan fingerprint density at radius 3 is 2.36 bits per heavy atom. The molecule has 1 aliphatic heterocycles. The summed E-state index contributed by atoms with van der Waals surface area (Å²) in [5.41, 5.74) is 3.39. The van der Waals surface area contributed by atoms with Crippen LogP contribution in [0.4, 0.5) is 5.69 Å². The van der Waals surface area contributed by atoms with E-state index in [2.05, 4.69) is 15.9 Å². The molecule has 4 rings (SSSR count).